The molecule has 1 rings (SSSR count). The van der Waals surface area contributed by atoms with Gasteiger partial charge in [0.05, 0.1) is 25.0 Å². The van der Waals surface area contributed by atoms with Gasteiger partial charge in [-0.1, -0.05) is 47.0 Å². The second-order valence-electron chi connectivity index (χ2n) is 7.58. The molecule has 0 radical (unpaired) electrons. The topological polar surface area (TPSA) is 52.6 Å². The Labute approximate surface area is 141 Å². The first-order valence-electron chi connectivity index (χ1n) is 9.25. The number of unbranched alkanes of at least 4 members (excludes halogenated alkanes) is 1. The van der Waals surface area contributed by atoms with Gasteiger partial charge >= 0.3 is 11.9 Å². The molecule has 0 aliphatic heterocycles. The Morgan fingerprint density at radius 1 is 0.870 bits per heavy atom. The minimum Gasteiger partial charge on any atom is -0.465 e. The van der Waals surface area contributed by atoms with Crippen molar-refractivity contribution in [2.24, 2.45) is 23.7 Å². The third-order valence-corrected chi connectivity index (χ3v) is 4.35. The van der Waals surface area contributed by atoms with E-state index in [4.69, 9.17) is 9.47 Å². The first kappa shape index (κ1) is 20.0. The lowest BCUT2D eigenvalue weighted by atomic mass is 9.79. The molecule has 23 heavy (non-hydrogen) atoms. The molecule has 0 spiro atoms. The van der Waals surface area contributed by atoms with E-state index < -0.39 is 0 Å². The van der Waals surface area contributed by atoms with Crippen LogP contribution in [0.5, 0.6) is 0 Å². The van der Waals surface area contributed by atoms with E-state index in [9.17, 15) is 9.59 Å². The van der Waals surface area contributed by atoms with Crippen molar-refractivity contribution in [3.8, 4) is 0 Å². The number of esters is 2. The zero-order valence-electron chi connectivity index (χ0n) is 15.3. The second kappa shape index (κ2) is 10.7. The summed E-state index contributed by atoms with van der Waals surface area (Å²) in [4.78, 5) is 24.6. The van der Waals surface area contributed by atoms with E-state index in [-0.39, 0.29) is 23.8 Å². The number of hydrogen-bond acceptors (Lipinski definition) is 4. The summed E-state index contributed by atoms with van der Waals surface area (Å²) < 4.78 is 10.8. The van der Waals surface area contributed by atoms with E-state index >= 15 is 0 Å². The van der Waals surface area contributed by atoms with Crippen LogP contribution in [-0.2, 0) is 19.1 Å². The van der Waals surface area contributed by atoms with E-state index in [0.717, 1.165) is 44.9 Å². The molecule has 0 bridgehead atoms. The van der Waals surface area contributed by atoms with Crippen molar-refractivity contribution in [2.45, 2.75) is 72.6 Å². The Morgan fingerprint density at radius 3 is 1.96 bits per heavy atom. The van der Waals surface area contributed by atoms with Gasteiger partial charge in [-0.15, -0.1) is 0 Å². The van der Waals surface area contributed by atoms with Crippen molar-refractivity contribution in [2.75, 3.05) is 13.2 Å². The van der Waals surface area contributed by atoms with Crippen molar-refractivity contribution in [3.05, 3.63) is 0 Å². The molecule has 0 aromatic carbocycles. The Bertz CT molecular complexity index is 362. The molecule has 0 amide bonds. The van der Waals surface area contributed by atoms with Gasteiger partial charge in [0.15, 0.2) is 0 Å². The quantitative estimate of drug-likeness (QED) is 0.466. The van der Waals surface area contributed by atoms with Gasteiger partial charge in [-0.25, -0.2) is 0 Å². The molecule has 1 aliphatic rings. The van der Waals surface area contributed by atoms with E-state index in [1.807, 2.05) is 13.8 Å². The van der Waals surface area contributed by atoms with Gasteiger partial charge in [-0.05, 0) is 37.5 Å². The van der Waals surface area contributed by atoms with Crippen molar-refractivity contribution < 1.29 is 19.1 Å². The monoisotopic (exact) mass is 326 g/mol. The van der Waals surface area contributed by atoms with Crippen molar-refractivity contribution in [1.82, 2.24) is 0 Å². The third-order valence-electron chi connectivity index (χ3n) is 4.35. The fourth-order valence-electron chi connectivity index (χ4n) is 2.99. The van der Waals surface area contributed by atoms with Crippen LogP contribution in [0.4, 0.5) is 0 Å². The molecule has 0 aromatic rings. The van der Waals surface area contributed by atoms with Crippen molar-refractivity contribution in [1.29, 1.82) is 0 Å². The summed E-state index contributed by atoms with van der Waals surface area (Å²) in [6.07, 6.45) is 6.59. The molecule has 0 heterocycles. The van der Waals surface area contributed by atoms with Crippen LogP contribution < -0.4 is 0 Å². The summed E-state index contributed by atoms with van der Waals surface area (Å²) >= 11 is 0. The van der Waals surface area contributed by atoms with Crippen LogP contribution in [-0.4, -0.2) is 25.2 Å². The second-order valence-corrected chi connectivity index (χ2v) is 7.58. The Morgan fingerprint density at radius 2 is 1.43 bits per heavy atom. The maximum Gasteiger partial charge on any atom is 0.309 e. The average molecular weight is 326 g/mol. The molecule has 2 unspecified atom stereocenters. The molecule has 2 atom stereocenters. The summed E-state index contributed by atoms with van der Waals surface area (Å²) in [7, 11) is 0. The number of carbonyl (C=O) groups excluding carboxylic acids is 2. The number of carbonyl (C=O) groups is 2. The zero-order chi connectivity index (χ0) is 17.2. The van der Waals surface area contributed by atoms with E-state index in [1.54, 1.807) is 0 Å². The average Bonchev–Trinajstić information content (AvgIpc) is 2.51. The first-order chi connectivity index (χ1) is 10.9. The van der Waals surface area contributed by atoms with Crippen LogP contribution in [0.1, 0.15) is 72.6 Å². The van der Waals surface area contributed by atoms with Crippen LogP contribution in [0.15, 0.2) is 0 Å². The van der Waals surface area contributed by atoms with Gasteiger partial charge in [0.1, 0.15) is 0 Å². The molecule has 0 saturated heterocycles. The molecule has 4 heteroatoms. The van der Waals surface area contributed by atoms with E-state index in [1.165, 1.54) is 0 Å². The highest BCUT2D eigenvalue weighted by molar-refractivity contribution is 5.82. The van der Waals surface area contributed by atoms with Gasteiger partial charge in [0.25, 0.3) is 0 Å². The van der Waals surface area contributed by atoms with Crippen LogP contribution in [0.25, 0.3) is 0 Å². The van der Waals surface area contributed by atoms with Crippen molar-refractivity contribution in [3.63, 3.8) is 0 Å². The van der Waals surface area contributed by atoms with Crippen LogP contribution in [0.2, 0.25) is 0 Å². The van der Waals surface area contributed by atoms with Gasteiger partial charge in [-0.2, -0.15) is 0 Å². The minimum absolute atomic E-state index is 0.208. The summed E-state index contributed by atoms with van der Waals surface area (Å²) in [6.45, 7) is 9.30. The Kier molecular flexibility index (Phi) is 9.27. The molecular weight excluding hydrogens is 292 g/mol. The minimum atomic E-state index is -0.314. The summed E-state index contributed by atoms with van der Waals surface area (Å²) in [5.41, 5.74) is 0. The third kappa shape index (κ3) is 7.85. The molecule has 1 aliphatic carbocycles. The largest absolute Gasteiger partial charge is 0.465 e. The van der Waals surface area contributed by atoms with Gasteiger partial charge in [0.2, 0.25) is 0 Å². The highest BCUT2D eigenvalue weighted by atomic mass is 16.5. The first-order valence-corrected chi connectivity index (χ1v) is 9.25. The molecule has 1 fully saturated rings. The standard InChI is InChI=1S/C19H34O4/c1-14(2)9-7-8-12-22-18(20)16-10-5-6-11-17(16)19(21)23-13-15(3)4/h14-17H,5-13H2,1-4H3. The predicted molar refractivity (Wildman–Crippen MR) is 90.9 cm³/mol. The highest BCUT2D eigenvalue weighted by Gasteiger charge is 2.37. The normalized spacial score (nSPS) is 21.5. The van der Waals surface area contributed by atoms with Gasteiger partial charge in [-0.3, -0.25) is 9.59 Å². The van der Waals surface area contributed by atoms with Crippen LogP contribution >= 0.6 is 0 Å². The fourth-order valence-corrected chi connectivity index (χ4v) is 2.99. The fraction of sp³-hybridized carbons (Fsp3) is 0.895. The predicted octanol–water partition coefficient (Wildman–Crippen LogP) is 4.36. The Hall–Kier alpha value is -1.06. The lowest BCUT2D eigenvalue weighted by Gasteiger charge is -2.28. The van der Waals surface area contributed by atoms with Crippen molar-refractivity contribution >= 4 is 11.9 Å². The van der Waals surface area contributed by atoms with E-state index in [0.29, 0.717) is 25.0 Å². The summed E-state index contributed by atoms with van der Waals surface area (Å²) in [6, 6.07) is 0. The van der Waals surface area contributed by atoms with E-state index in [2.05, 4.69) is 13.8 Å². The van der Waals surface area contributed by atoms with Crippen LogP contribution in [0.3, 0.4) is 0 Å². The number of rotatable bonds is 9. The maximum atomic E-state index is 12.3. The molecule has 134 valence electrons. The summed E-state index contributed by atoms with van der Waals surface area (Å²) in [5, 5.41) is 0. The highest BCUT2D eigenvalue weighted by Crippen LogP contribution is 2.32. The molecule has 0 N–H and O–H groups in total. The molecule has 1 saturated carbocycles. The Balaban J connectivity index is 2.40. The smallest absolute Gasteiger partial charge is 0.309 e. The number of hydrogen-bond donors (Lipinski definition) is 0. The number of ether oxygens (including phenoxy) is 2. The molecule has 4 nitrogen and oxygen atoms in total. The maximum absolute atomic E-state index is 12.3. The molecular formula is C19H34O4. The SMILES string of the molecule is CC(C)CCCCOC(=O)C1CCCCC1C(=O)OCC(C)C. The summed E-state index contributed by atoms with van der Waals surface area (Å²) in [5.74, 6) is -0.0573. The zero-order valence-corrected chi connectivity index (χ0v) is 15.3. The lowest BCUT2D eigenvalue weighted by Crippen LogP contribution is -2.35. The van der Waals surface area contributed by atoms with Crippen LogP contribution in [0, 0.1) is 23.7 Å². The van der Waals surface area contributed by atoms with Gasteiger partial charge in [0, 0.05) is 0 Å². The molecule has 0 aromatic heterocycles. The lowest BCUT2D eigenvalue weighted by molar-refractivity contribution is -0.163. The van der Waals surface area contributed by atoms with Gasteiger partial charge < -0.3 is 9.47 Å².